The molecule has 0 bridgehead atoms. The Morgan fingerprint density at radius 2 is 2.22 bits per heavy atom. The van der Waals surface area contributed by atoms with Gasteiger partial charge in [-0.15, -0.1) is 0 Å². The number of nitrogens with one attached hydrogen (secondary N) is 1. The van der Waals surface area contributed by atoms with Crippen molar-refractivity contribution in [3.8, 4) is 0 Å². The Balaban J connectivity index is 1.90. The number of amides is 1. The molecule has 6 heteroatoms. The Hall–Kier alpha value is -0.880. The van der Waals surface area contributed by atoms with Gasteiger partial charge in [-0.3, -0.25) is 4.79 Å². The van der Waals surface area contributed by atoms with Crippen molar-refractivity contribution in [3.63, 3.8) is 0 Å². The van der Waals surface area contributed by atoms with Gasteiger partial charge >= 0.3 is 0 Å². The second-order valence-electron chi connectivity index (χ2n) is 4.53. The van der Waals surface area contributed by atoms with Crippen LogP contribution in [0.3, 0.4) is 0 Å². The molecule has 2 rings (SSSR count). The SMILES string of the molecule is O=C(C[C@H]1CCS(=O)(=O)C1)Nc1cccc(Br)c1. The fourth-order valence-corrected chi connectivity index (χ4v) is 4.33. The molecule has 1 saturated heterocycles. The molecule has 18 heavy (non-hydrogen) atoms. The van der Waals surface area contributed by atoms with Crippen molar-refractivity contribution in [1.29, 1.82) is 0 Å². The lowest BCUT2D eigenvalue weighted by Crippen LogP contribution is -2.17. The fourth-order valence-electron chi connectivity index (χ4n) is 2.07. The van der Waals surface area contributed by atoms with Gasteiger partial charge in [-0.25, -0.2) is 8.42 Å². The molecule has 1 amide bonds. The number of carbonyl (C=O) groups excluding carboxylic acids is 1. The molecule has 1 aromatic carbocycles. The van der Waals surface area contributed by atoms with E-state index < -0.39 is 9.84 Å². The van der Waals surface area contributed by atoms with Crippen molar-refractivity contribution in [1.82, 2.24) is 0 Å². The summed E-state index contributed by atoms with van der Waals surface area (Å²) in [4.78, 5) is 11.8. The summed E-state index contributed by atoms with van der Waals surface area (Å²) < 4.78 is 23.5. The molecule has 1 atom stereocenters. The molecule has 0 aromatic heterocycles. The lowest BCUT2D eigenvalue weighted by molar-refractivity contribution is -0.116. The standard InChI is InChI=1S/C12H14BrNO3S/c13-10-2-1-3-11(7-10)14-12(15)6-9-4-5-18(16,17)8-9/h1-3,7,9H,4-6,8H2,(H,14,15)/t9-/m1/s1. The van der Waals surface area contributed by atoms with Gasteiger partial charge < -0.3 is 5.32 Å². The summed E-state index contributed by atoms with van der Waals surface area (Å²) in [5.41, 5.74) is 0.718. The summed E-state index contributed by atoms with van der Waals surface area (Å²) in [6.07, 6.45) is 0.861. The van der Waals surface area contributed by atoms with Gasteiger partial charge in [0.05, 0.1) is 11.5 Å². The normalized spacial score (nSPS) is 21.7. The Morgan fingerprint density at radius 1 is 1.44 bits per heavy atom. The monoisotopic (exact) mass is 331 g/mol. The maximum Gasteiger partial charge on any atom is 0.224 e. The zero-order chi connectivity index (χ0) is 13.2. The van der Waals surface area contributed by atoms with Gasteiger partial charge in [0.15, 0.2) is 9.84 Å². The predicted octanol–water partition coefficient (Wildman–Crippen LogP) is 2.21. The second kappa shape index (κ2) is 5.40. The van der Waals surface area contributed by atoms with Crippen molar-refractivity contribution >= 4 is 37.4 Å². The molecular formula is C12H14BrNO3S. The zero-order valence-electron chi connectivity index (χ0n) is 9.73. The number of hydrogen-bond acceptors (Lipinski definition) is 3. The molecule has 1 heterocycles. The lowest BCUT2D eigenvalue weighted by atomic mass is 10.1. The third-order valence-corrected chi connectivity index (χ3v) is 5.24. The minimum atomic E-state index is -2.91. The molecule has 1 fully saturated rings. The van der Waals surface area contributed by atoms with Crippen LogP contribution in [0.15, 0.2) is 28.7 Å². The van der Waals surface area contributed by atoms with Crippen LogP contribution in [0.1, 0.15) is 12.8 Å². The molecule has 0 spiro atoms. The van der Waals surface area contributed by atoms with E-state index in [0.29, 0.717) is 6.42 Å². The molecule has 1 aliphatic heterocycles. The number of carbonyl (C=O) groups is 1. The van der Waals surface area contributed by atoms with Gasteiger partial charge in [-0.05, 0) is 30.5 Å². The first-order valence-corrected chi connectivity index (χ1v) is 8.32. The fraction of sp³-hybridized carbons (Fsp3) is 0.417. The highest BCUT2D eigenvalue weighted by Gasteiger charge is 2.29. The summed E-state index contributed by atoms with van der Waals surface area (Å²) in [7, 11) is -2.91. The van der Waals surface area contributed by atoms with Crippen molar-refractivity contribution in [3.05, 3.63) is 28.7 Å². The molecule has 1 N–H and O–H groups in total. The van der Waals surface area contributed by atoms with E-state index in [1.807, 2.05) is 18.2 Å². The summed E-state index contributed by atoms with van der Waals surface area (Å²) >= 11 is 3.32. The number of hydrogen-bond donors (Lipinski definition) is 1. The Labute approximate surface area is 115 Å². The van der Waals surface area contributed by atoms with Crippen molar-refractivity contribution < 1.29 is 13.2 Å². The molecule has 0 aliphatic carbocycles. The summed E-state index contributed by atoms with van der Waals surface area (Å²) in [5, 5.41) is 2.77. The van der Waals surface area contributed by atoms with E-state index in [-0.39, 0.29) is 29.8 Å². The maximum absolute atomic E-state index is 11.8. The topological polar surface area (TPSA) is 63.2 Å². The lowest BCUT2D eigenvalue weighted by Gasteiger charge is -2.08. The molecule has 4 nitrogen and oxygen atoms in total. The minimum absolute atomic E-state index is 0.0397. The van der Waals surface area contributed by atoms with E-state index in [0.717, 1.165) is 10.2 Å². The summed E-state index contributed by atoms with van der Waals surface area (Å²) in [6.45, 7) is 0. The average Bonchev–Trinajstić information content (AvgIpc) is 2.57. The van der Waals surface area contributed by atoms with E-state index in [2.05, 4.69) is 21.2 Å². The van der Waals surface area contributed by atoms with Crippen LogP contribution in [0.2, 0.25) is 0 Å². The molecule has 0 unspecified atom stereocenters. The van der Waals surface area contributed by atoms with Crippen LogP contribution in [0.25, 0.3) is 0 Å². The van der Waals surface area contributed by atoms with E-state index in [9.17, 15) is 13.2 Å². The first kappa shape index (κ1) is 13.5. The van der Waals surface area contributed by atoms with Gasteiger partial charge in [-0.2, -0.15) is 0 Å². The van der Waals surface area contributed by atoms with E-state index in [1.54, 1.807) is 6.07 Å². The van der Waals surface area contributed by atoms with Gasteiger partial charge in [0.25, 0.3) is 0 Å². The molecule has 0 radical (unpaired) electrons. The Bertz CT molecular complexity index is 556. The number of benzene rings is 1. The molecule has 1 aliphatic rings. The first-order chi connectivity index (χ1) is 8.44. The van der Waals surface area contributed by atoms with E-state index in [1.165, 1.54) is 0 Å². The van der Waals surface area contributed by atoms with E-state index >= 15 is 0 Å². The minimum Gasteiger partial charge on any atom is -0.326 e. The van der Waals surface area contributed by atoms with Crippen molar-refractivity contribution in [2.45, 2.75) is 12.8 Å². The Morgan fingerprint density at radius 3 is 2.83 bits per heavy atom. The van der Waals surface area contributed by atoms with Gasteiger partial charge in [0.2, 0.25) is 5.91 Å². The third kappa shape index (κ3) is 3.81. The molecule has 98 valence electrons. The Kier molecular flexibility index (Phi) is 4.07. The molecule has 1 aromatic rings. The quantitative estimate of drug-likeness (QED) is 0.923. The average molecular weight is 332 g/mol. The smallest absolute Gasteiger partial charge is 0.224 e. The van der Waals surface area contributed by atoms with Crippen LogP contribution in [0.4, 0.5) is 5.69 Å². The second-order valence-corrected chi connectivity index (χ2v) is 7.68. The summed E-state index contributed by atoms with van der Waals surface area (Å²) in [6, 6.07) is 7.32. The van der Waals surface area contributed by atoms with Gasteiger partial charge in [0.1, 0.15) is 0 Å². The highest BCUT2D eigenvalue weighted by molar-refractivity contribution is 9.10. The summed E-state index contributed by atoms with van der Waals surface area (Å²) in [5.74, 6) is 0.179. The highest BCUT2D eigenvalue weighted by Crippen LogP contribution is 2.22. The first-order valence-electron chi connectivity index (χ1n) is 5.70. The highest BCUT2D eigenvalue weighted by atomic mass is 79.9. The predicted molar refractivity (Wildman–Crippen MR) is 74.1 cm³/mol. The van der Waals surface area contributed by atoms with Crippen LogP contribution in [-0.2, 0) is 14.6 Å². The van der Waals surface area contributed by atoms with E-state index in [4.69, 9.17) is 0 Å². The van der Waals surface area contributed by atoms with Crippen LogP contribution >= 0.6 is 15.9 Å². The van der Waals surface area contributed by atoms with Crippen LogP contribution in [0, 0.1) is 5.92 Å². The van der Waals surface area contributed by atoms with Gasteiger partial charge in [0, 0.05) is 16.6 Å². The number of rotatable bonds is 3. The van der Waals surface area contributed by atoms with Crippen LogP contribution < -0.4 is 5.32 Å². The van der Waals surface area contributed by atoms with Crippen LogP contribution in [0.5, 0.6) is 0 Å². The molecular weight excluding hydrogens is 318 g/mol. The van der Waals surface area contributed by atoms with Crippen molar-refractivity contribution in [2.75, 3.05) is 16.8 Å². The number of sulfone groups is 1. The van der Waals surface area contributed by atoms with Crippen molar-refractivity contribution in [2.24, 2.45) is 5.92 Å². The third-order valence-electron chi connectivity index (χ3n) is 2.91. The zero-order valence-corrected chi connectivity index (χ0v) is 12.1. The maximum atomic E-state index is 11.8. The largest absolute Gasteiger partial charge is 0.326 e. The van der Waals surface area contributed by atoms with Gasteiger partial charge in [-0.1, -0.05) is 22.0 Å². The van der Waals surface area contributed by atoms with Crippen LogP contribution in [-0.4, -0.2) is 25.8 Å². The number of anilines is 1. The number of halogens is 1. The molecule has 0 saturated carbocycles.